The molecule has 0 saturated carbocycles. The van der Waals surface area contributed by atoms with Crippen molar-refractivity contribution < 1.29 is 41.1 Å². The van der Waals surface area contributed by atoms with Crippen LogP contribution in [-0.4, -0.2) is 14.7 Å². The fourth-order valence-electron chi connectivity index (χ4n) is 0. The number of rotatable bonds is 0. The van der Waals surface area contributed by atoms with Crippen molar-refractivity contribution in [2.24, 2.45) is 0 Å². The quantitative estimate of drug-likeness (QED) is 0.294. The molecule has 0 fully saturated rings. The van der Waals surface area contributed by atoms with Crippen LogP contribution in [0.25, 0.3) is 0 Å². The van der Waals surface area contributed by atoms with Crippen LogP contribution in [0.2, 0.25) is 0 Å². The molecule has 0 saturated heterocycles. The van der Waals surface area contributed by atoms with Crippen molar-refractivity contribution >= 4 is 7.82 Å². The van der Waals surface area contributed by atoms with Crippen molar-refractivity contribution in [2.45, 2.75) is 0 Å². The molecule has 0 unspecified atom stereocenters. The van der Waals surface area contributed by atoms with E-state index in [9.17, 15) is 0 Å². The predicted octanol–water partition coefficient (Wildman–Crippen LogP) is -0.888. The van der Waals surface area contributed by atoms with E-state index in [2.05, 4.69) is 0 Å². The second kappa shape index (κ2) is 7.49. The van der Waals surface area contributed by atoms with E-state index >= 15 is 0 Å². The molecule has 0 aromatic rings. The third-order valence-electron chi connectivity index (χ3n) is 0. The van der Waals surface area contributed by atoms with Crippen molar-refractivity contribution in [1.82, 2.24) is 6.15 Å². The van der Waals surface area contributed by atoms with Gasteiger partial charge >= 0.3 is 29.6 Å². The van der Waals surface area contributed by atoms with E-state index in [0.29, 0.717) is 0 Å². The molecule has 0 spiro atoms. The summed E-state index contributed by atoms with van der Waals surface area (Å²) >= 11 is 0.125. The minimum absolute atomic E-state index is 0. The van der Waals surface area contributed by atoms with E-state index in [1.807, 2.05) is 0 Å². The van der Waals surface area contributed by atoms with Crippen LogP contribution in [0, 0.1) is 0 Å². The molecule has 6 nitrogen and oxygen atoms in total. The van der Waals surface area contributed by atoms with Gasteiger partial charge in [-0.3, -0.25) is 0 Å². The van der Waals surface area contributed by atoms with Crippen LogP contribution in [-0.2, 0) is 26.4 Å². The first-order chi connectivity index (χ1) is 3.00. The van der Waals surface area contributed by atoms with Gasteiger partial charge in [0.1, 0.15) is 0 Å². The van der Waals surface area contributed by atoms with E-state index in [4.69, 9.17) is 22.8 Å². The fourth-order valence-corrected chi connectivity index (χ4v) is 0. The van der Waals surface area contributed by atoms with Gasteiger partial charge in [0.05, 0.1) is 0 Å². The standard InChI is InChI=1S/H3N.H3O4P.O.Zn/c;1-5(2,3)4;;/h1H3;(H3,1,2,3,4);;. The second-order valence-electron chi connectivity index (χ2n) is 0.513. The van der Waals surface area contributed by atoms with Gasteiger partial charge in [-0.15, -0.1) is 0 Å². The van der Waals surface area contributed by atoms with E-state index in [-0.39, 0.29) is 24.4 Å². The molecular formula is H6NO5PZn. The van der Waals surface area contributed by atoms with Crippen LogP contribution in [0.4, 0.5) is 0 Å². The molecule has 0 aliphatic carbocycles. The van der Waals surface area contributed by atoms with Crippen LogP contribution in [0.3, 0.4) is 0 Å². The molecule has 0 rings (SSSR count). The van der Waals surface area contributed by atoms with E-state index in [1.165, 1.54) is 0 Å². The van der Waals surface area contributed by atoms with Crippen LogP contribution in [0.15, 0.2) is 0 Å². The molecule has 0 aliphatic heterocycles. The Kier molecular flexibility index (Phi) is 14.8. The molecule has 0 radical (unpaired) electrons. The summed E-state index contributed by atoms with van der Waals surface area (Å²) in [5, 5.41) is 0. The summed E-state index contributed by atoms with van der Waals surface area (Å²) in [6.45, 7) is 0. The normalized spacial score (nSPS) is 8.12. The Morgan fingerprint density at radius 3 is 1.12 bits per heavy atom. The summed E-state index contributed by atoms with van der Waals surface area (Å²) in [5.74, 6) is 0. The predicted molar refractivity (Wildman–Crippen MR) is 20.0 cm³/mol. The second-order valence-corrected chi connectivity index (χ2v) is 1.54. The van der Waals surface area contributed by atoms with Crippen LogP contribution in [0.5, 0.6) is 0 Å². The molecule has 0 aromatic heterocycles. The van der Waals surface area contributed by atoms with Gasteiger partial charge in [-0.25, -0.2) is 4.57 Å². The Bertz CT molecular complexity index is 68.2. The van der Waals surface area contributed by atoms with E-state index in [1.54, 1.807) is 0 Å². The molecule has 48 valence electrons. The Hall–Kier alpha value is 0.493. The van der Waals surface area contributed by atoms with Gasteiger partial charge in [0.15, 0.2) is 0 Å². The number of hydrogen-bond acceptors (Lipinski definition) is 3. The van der Waals surface area contributed by atoms with Gasteiger partial charge in [-0.05, 0) is 0 Å². The van der Waals surface area contributed by atoms with Gasteiger partial charge in [-0.1, -0.05) is 0 Å². The Morgan fingerprint density at radius 1 is 1.12 bits per heavy atom. The van der Waals surface area contributed by atoms with E-state index < -0.39 is 7.82 Å². The molecule has 0 amide bonds. The number of hydrogen-bond donors (Lipinski definition) is 4. The molecule has 0 bridgehead atoms. The zero-order chi connectivity index (χ0) is 6.50. The molecule has 8 heteroatoms. The minimum atomic E-state index is -4.64. The molecule has 0 aromatic carbocycles. The van der Waals surface area contributed by atoms with Gasteiger partial charge in [0, 0.05) is 0 Å². The molecule has 0 heterocycles. The molecule has 8 heavy (non-hydrogen) atoms. The summed E-state index contributed by atoms with van der Waals surface area (Å²) < 4.78 is 17.3. The summed E-state index contributed by atoms with van der Waals surface area (Å²) in [6, 6.07) is 0. The monoisotopic (exact) mass is 195 g/mol. The summed E-state index contributed by atoms with van der Waals surface area (Å²) in [4.78, 5) is 21.6. The van der Waals surface area contributed by atoms with Crippen LogP contribution in [0.1, 0.15) is 0 Å². The third kappa shape index (κ3) is 805. The van der Waals surface area contributed by atoms with Crippen molar-refractivity contribution in [3.63, 3.8) is 0 Å². The fraction of sp³-hybridized carbons (Fsp3) is 0. The average Bonchev–Trinajstić information content (AvgIpc) is 1.36. The summed E-state index contributed by atoms with van der Waals surface area (Å²) in [6.07, 6.45) is 0. The van der Waals surface area contributed by atoms with Crippen molar-refractivity contribution in [3.8, 4) is 0 Å². The van der Waals surface area contributed by atoms with Gasteiger partial charge < -0.3 is 20.8 Å². The summed E-state index contributed by atoms with van der Waals surface area (Å²) in [7, 11) is -4.64. The van der Waals surface area contributed by atoms with Gasteiger partial charge in [0.2, 0.25) is 0 Å². The molecule has 0 atom stereocenters. The van der Waals surface area contributed by atoms with Crippen LogP contribution < -0.4 is 6.15 Å². The first kappa shape index (κ1) is 15.8. The maximum absolute atomic E-state index is 8.88. The van der Waals surface area contributed by atoms with Crippen molar-refractivity contribution in [3.05, 3.63) is 0 Å². The summed E-state index contributed by atoms with van der Waals surface area (Å²) in [5.41, 5.74) is 0. The molecule has 6 N–H and O–H groups in total. The molecular weight excluding hydrogens is 190 g/mol. The topological polar surface area (TPSA) is 130 Å². The zero-order valence-electron chi connectivity index (χ0n) is 4.02. The Balaban J connectivity index is -0.0000000750. The number of phosphoric acid groups is 1. The van der Waals surface area contributed by atoms with Crippen molar-refractivity contribution in [2.75, 3.05) is 0 Å². The first-order valence-electron chi connectivity index (χ1n) is 1.07. The Labute approximate surface area is 55.7 Å². The van der Waals surface area contributed by atoms with Crippen LogP contribution >= 0.6 is 7.82 Å². The first-order valence-corrected chi connectivity index (χ1v) is 3.85. The van der Waals surface area contributed by atoms with E-state index in [0.717, 1.165) is 0 Å². The zero-order valence-corrected chi connectivity index (χ0v) is 7.88. The maximum atomic E-state index is 8.88. The average molecular weight is 196 g/mol. The molecule has 0 aliphatic rings. The SMILES string of the molecule is N.O=P(O)(O)O.[O]=[Zn]. The Morgan fingerprint density at radius 2 is 1.12 bits per heavy atom. The van der Waals surface area contributed by atoms with Crippen molar-refractivity contribution in [1.29, 1.82) is 0 Å². The van der Waals surface area contributed by atoms with Gasteiger partial charge in [0.25, 0.3) is 0 Å². The third-order valence-corrected chi connectivity index (χ3v) is 0. The van der Waals surface area contributed by atoms with Gasteiger partial charge in [-0.2, -0.15) is 0 Å².